The molecule has 6 heteroatoms. The minimum atomic E-state index is -3.60. The van der Waals surface area contributed by atoms with E-state index in [1.807, 2.05) is 36.4 Å². The third-order valence-corrected chi connectivity index (χ3v) is 8.16. The fraction of sp³-hybridized carbons (Fsp3) is 0.290. The SMILES string of the molecule is CC(C)(C)c1cccc(-c2cccc(S(=O)(=O)Cc3cc(-c4cnc(N)nc4)cc(C(C)(C)C)c3)c2)c1. The van der Waals surface area contributed by atoms with Crippen molar-refractivity contribution in [1.29, 1.82) is 0 Å². The molecule has 0 aliphatic carbocycles. The molecule has 0 fully saturated rings. The minimum Gasteiger partial charge on any atom is -0.368 e. The first kappa shape index (κ1) is 26.6. The fourth-order valence-electron chi connectivity index (χ4n) is 4.20. The largest absolute Gasteiger partial charge is 0.368 e. The van der Waals surface area contributed by atoms with Crippen LogP contribution in [0.2, 0.25) is 0 Å². The molecule has 0 aliphatic rings. The molecule has 0 radical (unpaired) electrons. The average Bonchev–Trinajstić information content (AvgIpc) is 2.83. The molecule has 0 amide bonds. The van der Waals surface area contributed by atoms with E-state index < -0.39 is 9.84 Å². The molecule has 5 nitrogen and oxygen atoms in total. The summed E-state index contributed by atoms with van der Waals surface area (Å²) in [7, 11) is -3.60. The van der Waals surface area contributed by atoms with Gasteiger partial charge in [0.1, 0.15) is 0 Å². The Morgan fingerprint density at radius 3 is 1.86 bits per heavy atom. The Balaban J connectivity index is 1.72. The van der Waals surface area contributed by atoms with E-state index in [4.69, 9.17) is 5.73 Å². The zero-order chi connectivity index (χ0) is 27.0. The molecule has 0 aliphatic heterocycles. The van der Waals surface area contributed by atoms with Gasteiger partial charge in [0.2, 0.25) is 5.95 Å². The van der Waals surface area contributed by atoms with E-state index in [9.17, 15) is 8.42 Å². The Labute approximate surface area is 220 Å². The van der Waals surface area contributed by atoms with E-state index in [2.05, 4.69) is 69.7 Å². The van der Waals surface area contributed by atoms with Gasteiger partial charge in [-0.2, -0.15) is 0 Å². The molecule has 1 heterocycles. The summed E-state index contributed by atoms with van der Waals surface area (Å²) in [5.41, 5.74) is 12.0. The van der Waals surface area contributed by atoms with E-state index in [0.29, 0.717) is 4.90 Å². The number of sulfone groups is 1. The lowest BCUT2D eigenvalue weighted by Crippen LogP contribution is -2.13. The molecule has 0 unspecified atom stereocenters. The van der Waals surface area contributed by atoms with E-state index in [0.717, 1.165) is 33.4 Å². The lowest BCUT2D eigenvalue weighted by Gasteiger charge is -2.21. The average molecular weight is 514 g/mol. The first-order chi connectivity index (χ1) is 17.2. The molecule has 0 spiro atoms. The maximum Gasteiger partial charge on any atom is 0.219 e. The van der Waals surface area contributed by atoms with Crippen LogP contribution in [0.15, 0.2) is 84.0 Å². The van der Waals surface area contributed by atoms with Gasteiger partial charge >= 0.3 is 0 Å². The number of nitrogens with two attached hydrogens (primary N) is 1. The van der Waals surface area contributed by atoms with Crippen molar-refractivity contribution in [2.45, 2.75) is 63.0 Å². The van der Waals surface area contributed by atoms with Crippen LogP contribution in [0.5, 0.6) is 0 Å². The van der Waals surface area contributed by atoms with Gasteiger partial charge < -0.3 is 5.73 Å². The van der Waals surface area contributed by atoms with Crippen molar-refractivity contribution >= 4 is 15.8 Å². The Morgan fingerprint density at radius 2 is 1.24 bits per heavy atom. The van der Waals surface area contributed by atoms with Gasteiger partial charge in [0.15, 0.2) is 9.84 Å². The second kappa shape index (κ2) is 9.75. The Hall–Kier alpha value is -3.51. The maximum atomic E-state index is 13.6. The van der Waals surface area contributed by atoms with Gasteiger partial charge in [0.25, 0.3) is 0 Å². The highest BCUT2D eigenvalue weighted by atomic mass is 32.2. The highest BCUT2D eigenvalue weighted by Gasteiger charge is 2.21. The molecule has 4 rings (SSSR count). The van der Waals surface area contributed by atoms with Crippen molar-refractivity contribution in [3.63, 3.8) is 0 Å². The van der Waals surface area contributed by atoms with Crippen LogP contribution < -0.4 is 5.73 Å². The van der Waals surface area contributed by atoms with Gasteiger partial charge in [-0.1, -0.05) is 90.1 Å². The number of nitrogens with zero attached hydrogens (tertiary/aromatic N) is 2. The quantitative estimate of drug-likeness (QED) is 0.312. The smallest absolute Gasteiger partial charge is 0.219 e. The Kier molecular flexibility index (Phi) is 6.99. The highest BCUT2D eigenvalue weighted by molar-refractivity contribution is 7.90. The van der Waals surface area contributed by atoms with Crippen molar-refractivity contribution in [2.75, 3.05) is 5.73 Å². The second-order valence-corrected chi connectivity index (χ2v) is 13.6. The van der Waals surface area contributed by atoms with Gasteiger partial charge in [0, 0.05) is 18.0 Å². The predicted molar refractivity (Wildman–Crippen MR) is 152 cm³/mol. The molecule has 2 N–H and O–H groups in total. The number of anilines is 1. The number of nitrogen functional groups attached to an aromatic ring is 1. The van der Waals surface area contributed by atoms with Crippen LogP contribution in [0.4, 0.5) is 5.95 Å². The number of rotatable bonds is 5. The first-order valence-electron chi connectivity index (χ1n) is 12.4. The lowest BCUT2D eigenvalue weighted by atomic mass is 9.84. The Bertz CT molecular complexity index is 1530. The van der Waals surface area contributed by atoms with Crippen molar-refractivity contribution in [3.8, 4) is 22.3 Å². The summed E-state index contributed by atoms with van der Waals surface area (Å²) < 4.78 is 27.2. The molecule has 0 saturated carbocycles. The van der Waals surface area contributed by atoms with Crippen LogP contribution in [0, 0.1) is 0 Å². The van der Waals surface area contributed by atoms with Crippen molar-refractivity contribution < 1.29 is 8.42 Å². The van der Waals surface area contributed by atoms with Gasteiger partial charge in [-0.25, -0.2) is 18.4 Å². The predicted octanol–water partition coefficient (Wildman–Crippen LogP) is 6.96. The molecular weight excluding hydrogens is 478 g/mol. The zero-order valence-corrected chi connectivity index (χ0v) is 23.2. The minimum absolute atomic E-state index is 0.00495. The zero-order valence-electron chi connectivity index (χ0n) is 22.4. The van der Waals surface area contributed by atoms with Crippen molar-refractivity contribution in [3.05, 3.63) is 95.8 Å². The van der Waals surface area contributed by atoms with E-state index in [1.165, 1.54) is 5.56 Å². The molecule has 3 aromatic carbocycles. The summed E-state index contributed by atoms with van der Waals surface area (Å²) in [5, 5.41) is 0. The molecule has 0 atom stereocenters. The number of benzene rings is 3. The molecule has 37 heavy (non-hydrogen) atoms. The van der Waals surface area contributed by atoms with Crippen molar-refractivity contribution in [1.82, 2.24) is 9.97 Å². The standard InChI is InChI=1S/C31H35N3O2S/c1-30(2,3)26-11-7-9-22(15-26)23-10-8-12-28(17-23)37(35,36)20-21-13-24(16-27(14-21)31(4,5)6)25-18-33-29(32)34-19-25/h7-19H,20H2,1-6H3,(H2,32,33,34). The fourth-order valence-corrected chi connectivity index (χ4v) is 5.56. The highest BCUT2D eigenvalue weighted by Crippen LogP contribution is 2.32. The summed E-state index contributed by atoms with van der Waals surface area (Å²) in [4.78, 5) is 8.52. The normalized spacial score (nSPS) is 12.5. The van der Waals surface area contributed by atoms with E-state index in [1.54, 1.807) is 24.5 Å². The number of hydrogen-bond donors (Lipinski definition) is 1. The topological polar surface area (TPSA) is 85.9 Å². The molecule has 4 aromatic rings. The van der Waals surface area contributed by atoms with Gasteiger partial charge in [0.05, 0.1) is 10.6 Å². The van der Waals surface area contributed by atoms with Crippen LogP contribution in [0.1, 0.15) is 58.2 Å². The molecule has 1 aromatic heterocycles. The van der Waals surface area contributed by atoms with Crippen molar-refractivity contribution in [2.24, 2.45) is 0 Å². The third kappa shape index (κ3) is 6.25. The van der Waals surface area contributed by atoms with Crippen LogP contribution in [-0.2, 0) is 26.4 Å². The summed E-state index contributed by atoms with van der Waals surface area (Å²) in [6, 6.07) is 21.5. The summed E-state index contributed by atoms with van der Waals surface area (Å²) in [5.74, 6) is 0.0945. The van der Waals surface area contributed by atoms with Gasteiger partial charge in [-0.15, -0.1) is 0 Å². The van der Waals surface area contributed by atoms with Gasteiger partial charge in [-0.05, 0) is 62.4 Å². The summed E-state index contributed by atoms with van der Waals surface area (Å²) in [6.45, 7) is 12.8. The monoisotopic (exact) mass is 513 g/mol. The van der Waals surface area contributed by atoms with Gasteiger partial charge in [-0.3, -0.25) is 0 Å². The number of hydrogen-bond acceptors (Lipinski definition) is 5. The molecular formula is C31H35N3O2S. The van der Waals surface area contributed by atoms with Crippen LogP contribution in [-0.4, -0.2) is 18.4 Å². The molecule has 192 valence electrons. The van der Waals surface area contributed by atoms with E-state index >= 15 is 0 Å². The van der Waals surface area contributed by atoms with Crippen LogP contribution in [0.25, 0.3) is 22.3 Å². The maximum absolute atomic E-state index is 13.6. The second-order valence-electron chi connectivity index (χ2n) is 11.6. The molecule has 0 saturated heterocycles. The summed E-state index contributed by atoms with van der Waals surface area (Å²) >= 11 is 0. The number of aromatic nitrogens is 2. The first-order valence-corrected chi connectivity index (χ1v) is 14.0. The van der Waals surface area contributed by atoms with E-state index in [-0.39, 0.29) is 22.5 Å². The lowest BCUT2D eigenvalue weighted by molar-refractivity contribution is 0.587. The third-order valence-electron chi connectivity index (χ3n) is 6.48. The van der Waals surface area contributed by atoms with Crippen LogP contribution in [0.3, 0.4) is 0 Å². The van der Waals surface area contributed by atoms with Crippen LogP contribution >= 0.6 is 0 Å². The summed E-state index contributed by atoms with van der Waals surface area (Å²) in [6.07, 6.45) is 3.33. The Morgan fingerprint density at radius 1 is 0.676 bits per heavy atom. The molecule has 0 bridgehead atoms.